The van der Waals surface area contributed by atoms with Crippen molar-refractivity contribution in [3.63, 3.8) is 0 Å². The number of halogens is 1. The Morgan fingerprint density at radius 3 is 2.90 bits per heavy atom. The summed E-state index contributed by atoms with van der Waals surface area (Å²) in [4.78, 5) is 20.2. The molecule has 0 fully saturated rings. The molecule has 0 aromatic heterocycles. The largest absolute Gasteiger partial charge is 0.311 e. The van der Waals surface area contributed by atoms with Crippen LogP contribution in [0.1, 0.15) is 34.1 Å². The lowest BCUT2D eigenvalue weighted by molar-refractivity contribution is -0.123. The first-order chi connectivity index (χ1) is 9.86. The van der Waals surface area contributed by atoms with Gasteiger partial charge in [-0.15, -0.1) is 6.42 Å². The molecule has 1 aliphatic rings. The highest BCUT2D eigenvalue weighted by Crippen LogP contribution is 2.25. The molecule has 0 spiro atoms. The van der Waals surface area contributed by atoms with E-state index in [1.165, 1.54) is 6.21 Å². The van der Waals surface area contributed by atoms with Gasteiger partial charge in [0.1, 0.15) is 11.5 Å². The van der Waals surface area contributed by atoms with Crippen molar-refractivity contribution >= 4 is 28.9 Å². The second-order valence-electron chi connectivity index (χ2n) is 5.23. The van der Waals surface area contributed by atoms with Crippen LogP contribution in [0.4, 0.5) is 0 Å². The summed E-state index contributed by atoms with van der Waals surface area (Å²) >= 11 is 6.23. The van der Waals surface area contributed by atoms with E-state index in [4.69, 9.17) is 18.0 Å². The fourth-order valence-electron chi connectivity index (χ4n) is 1.67. The van der Waals surface area contributed by atoms with E-state index in [1.807, 2.05) is 26.8 Å². The summed E-state index contributed by atoms with van der Waals surface area (Å²) in [5.74, 6) is 2.79. The highest BCUT2D eigenvalue weighted by atomic mass is 35.5. The van der Waals surface area contributed by atoms with Crippen LogP contribution in [0.25, 0.3) is 0 Å². The zero-order valence-corrected chi connectivity index (χ0v) is 13.5. The molecule has 1 atom stereocenters. The van der Waals surface area contributed by atoms with E-state index in [0.717, 1.165) is 12.0 Å². The van der Waals surface area contributed by atoms with Gasteiger partial charge in [-0.2, -0.15) is 0 Å². The smallest absolute Gasteiger partial charge is 0.228 e. The van der Waals surface area contributed by atoms with Crippen LogP contribution in [-0.4, -0.2) is 17.3 Å². The van der Waals surface area contributed by atoms with Crippen LogP contribution in [0, 0.1) is 24.2 Å². The van der Waals surface area contributed by atoms with E-state index < -0.39 is 0 Å². The first-order valence-corrected chi connectivity index (χ1v) is 7.19. The van der Waals surface area contributed by atoms with Crippen LogP contribution in [0.2, 0.25) is 0 Å². The van der Waals surface area contributed by atoms with Crippen LogP contribution < -0.4 is 5.32 Å². The van der Waals surface area contributed by atoms with Crippen molar-refractivity contribution in [2.75, 3.05) is 0 Å². The fraction of sp³-hybridized carbons (Fsp3) is 0.438. The third-order valence-corrected chi connectivity index (χ3v) is 3.50. The molecule has 0 aromatic carbocycles. The Morgan fingerprint density at radius 1 is 1.67 bits per heavy atom. The molecule has 0 aromatic rings. The number of nitrogens with zero attached hydrogens (tertiary/aromatic N) is 2. The maximum atomic E-state index is 11.8. The zero-order chi connectivity index (χ0) is 16.0. The number of allylic oxidation sites excluding steroid dienone is 3. The molecule has 1 N–H and O–H groups in total. The van der Waals surface area contributed by atoms with E-state index in [-0.39, 0.29) is 22.9 Å². The molecule has 0 saturated carbocycles. The Kier molecular flexibility index (Phi) is 6.39. The molecule has 0 radical (unpaired) electrons. The first kappa shape index (κ1) is 17.2. The van der Waals surface area contributed by atoms with Gasteiger partial charge in [0.25, 0.3) is 0 Å². The maximum Gasteiger partial charge on any atom is 0.228 e. The normalized spacial score (nSPS) is 28.1. The van der Waals surface area contributed by atoms with E-state index in [0.29, 0.717) is 11.5 Å². The van der Waals surface area contributed by atoms with Gasteiger partial charge >= 0.3 is 0 Å². The van der Waals surface area contributed by atoms with Crippen LogP contribution >= 0.6 is 11.6 Å². The van der Waals surface area contributed by atoms with Crippen molar-refractivity contribution in [1.82, 2.24) is 5.32 Å². The molecule has 1 aliphatic heterocycles. The lowest BCUT2D eigenvalue weighted by atomic mass is 9.96. The molecule has 0 saturated heterocycles. The predicted molar refractivity (Wildman–Crippen MR) is 88.2 cm³/mol. The van der Waals surface area contributed by atoms with Gasteiger partial charge in [0.05, 0.1) is 6.21 Å². The molecule has 21 heavy (non-hydrogen) atoms. The van der Waals surface area contributed by atoms with Gasteiger partial charge in [-0.05, 0) is 30.9 Å². The van der Waals surface area contributed by atoms with Gasteiger partial charge in [0.2, 0.25) is 5.91 Å². The Bertz CT molecular complexity index is 577. The van der Waals surface area contributed by atoms with Crippen LogP contribution in [0.3, 0.4) is 0 Å². The molecule has 1 heterocycles. The summed E-state index contributed by atoms with van der Waals surface area (Å²) in [5.41, 5.74) is 1.58. The number of amides is 1. The molecule has 4 nitrogen and oxygen atoms in total. The number of carbonyl (C=O) groups is 1. The quantitative estimate of drug-likeness (QED) is 0.631. The molecule has 5 heteroatoms. The average molecular weight is 306 g/mol. The van der Waals surface area contributed by atoms with Crippen molar-refractivity contribution in [2.45, 2.75) is 34.1 Å². The lowest BCUT2D eigenvalue weighted by Crippen LogP contribution is -2.27. The highest BCUT2D eigenvalue weighted by Gasteiger charge is 2.17. The average Bonchev–Trinajstić information content (AvgIpc) is 2.43. The monoisotopic (exact) mass is 305 g/mol. The minimum atomic E-state index is -0.126. The zero-order valence-electron chi connectivity index (χ0n) is 12.8. The van der Waals surface area contributed by atoms with E-state index >= 15 is 0 Å². The summed E-state index contributed by atoms with van der Waals surface area (Å²) in [5, 5.41) is 2.99. The van der Waals surface area contributed by atoms with Crippen molar-refractivity contribution in [2.24, 2.45) is 21.8 Å². The summed E-state index contributed by atoms with van der Waals surface area (Å²) in [6.07, 6.45) is 9.15. The highest BCUT2D eigenvalue weighted by molar-refractivity contribution is 6.69. The van der Waals surface area contributed by atoms with E-state index in [9.17, 15) is 4.79 Å². The topological polar surface area (TPSA) is 53.8 Å². The number of nitrogens with one attached hydrogen (secondary N) is 1. The van der Waals surface area contributed by atoms with Crippen molar-refractivity contribution in [3.8, 4) is 12.3 Å². The summed E-state index contributed by atoms with van der Waals surface area (Å²) in [6.45, 7) is 7.66. The van der Waals surface area contributed by atoms with Gasteiger partial charge in [-0.25, -0.2) is 9.98 Å². The summed E-state index contributed by atoms with van der Waals surface area (Å²) in [6, 6.07) is 0. The van der Waals surface area contributed by atoms with Crippen LogP contribution in [0.15, 0.2) is 33.2 Å². The van der Waals surface area contributed by atoms with E-state index in [1.54, 1.807) is 0 Å². The molecular weight excluding hydrogens is 286 g/mol. The lowest BCUT2D eigenvalue weighted by Gasteiger charge is -2.17. The summed E-state index contributed by atoms with van der Waals surface area (Å²) in [7, 11) is 0. The Morgan fingerprint density at radius 2 is 2.33 bits per heavy atom. The molecular formula is C16H20ClN3O. The van der Waals surface area contributed by atoms with Gasteiger partial charge < -0.3 is 5.32 Å². The minimum absolute atomic E-state index is 0.0999. The predicted octanol–water partition coefficient (Wildman–Crippen LogP) is 3.26. The van der Waals surface area contributed by atoms with Gasteiger partial charge in [0.15, 0.2) is 5.17 Å². The van der Waals surface area contributed by atoms with Gasteiger partial charge in [-0.3, -0.25) is 4.79 Å². The third-order valence-electron chi connectivity index (χ3n) is 3.24. The van der Waals surface area contributed by atoms with Crippen molar-refractivity contribution < 1.29 is 4.79 Å². The van der Waals surface area contributed by atoms with Crippen LogP contribution in [0.5, 0.6) is 0 Å². The Balaban J connectivity index is 3.16. The minimum Gasteiger partial charge on any atom is -0.311 e. The summed E-state index contributed by atoms with van der Waals surface area (Å²) < 4.78 is 0. The van der Waals surface area contributed by atoms with Crippen molar-refractivity contribution in [1.29, 1.82) is 0 Å². The second-order valence-corrected chi connectivity index (χ2v) is 5.59. The van der Waals surface area contributed by atoms with Gasteiger partial charge in [-0.1, -0.05) is 38.3 Å². The molecule has 1 amide bonds. The molecule has 1 unspecified atom stereocenters. The Hall–Kier alpha value is -1.86. The maximum absolute atomic E-state index is 11.8. The van der Waals surface area contributed by atoms with Crippen molar-refractivity contribution in [3.05, 3.63) is 23.2 Å². The molecule has 112 valence electrons. The SMILES string of the molecule is C#C\C=N/C1=C(\C)C(C)C/C=C(NC(=O)C(C)C)/N=C\1Cl. The number of rotatable bonds is 3. The molecule has 0 aliphatic carbocycles. The van der Waals surface area contributed by atoms with Gasteiger partial charge in [0, 0.05) is 5.92 Å². The van der Waals surface area contributed by atoms with E-state index in [2.05, 4.69) is 28.1 Å². The standard InChI is InChI=1S/C16H20ClN3O/c1-6-9-18-14-12(5)11(4)7-8-13(19-15(14)17)20-16(21)10(2)3/h1,8-11H,7H2,2-5H3,(H,20,21)/b13-8-,14-12+,18-9-,19-15+. The molecule has 1 rings (SSSR count). The third kappa shape index (κ3) is 4.87. The number of hydrogen-bond acceptors (Lipinski definition) is 3. The fourth-order valence-corrected chi connectivity index (χ4v) is 1.96. The number of terminal acetylenes is 1. The Labute approximate surface area is 131 Å². The molecule has 0 bridgehead atoms. The number of aliphatic imine (C=N–C) groups is 2. The second kappa shape index (κ2) is 7.80. The number of hydrogen-bond donors (Lipinski definition) is 1. The number of carbonyl (C=O) groups excluding carboxylic acids is 1. The van der Waals surface area contributed by atoms with Crippen LogP contribution in [-0.2, 0) is 4.79 Å². The first-order valence-electron chi connectivity index (χ1n) is 6.81.